The summed E-state index contributed by atoms with van der Waals surface area (Å²) in [5, 5.41) is 0.339. The molecule has 0 unspecified atom stereocenters. The van der Waals surface area contributed by atoms with Crippen molar-refractivity contribution in [2.45, 2.75) is 4.90 Å². The molecule has 0 N–H and O–H groups in total. The van der Waals surface area contributed by atoms with Crippen LogP contribution in [0.2, 0.25) is 0 Å². The topological polar surface area (TPSA) is 101 Å². The average molecular weight is 374 g/mol. The van der Waals surface area contributed by atoms with Crippen molar-refractivity contribution in [2.24, 2.45) is 0 Å². The first-order valence-corrected chi connectivity index (χ1v) is 8.91. The minimum absolute atomic E-state index is 0.111. The number of hydrogen-bond donors (Lipinski definition) is 0. The van der Waals surface area contributed by atoms with Gasteiger partial charge in [-0.05, 0) is 24.3 Å². The number of nitrogens with zero attached hydrogens (tertiary/aromatic N) is 2. The highest BCUT2D eigenvalue weighted by atomic mass is 32.2. The monoisotopic (exact) mass is 374 g/mol. The summed E-state index contributed by atoms with van der Waals surface area (Å²) in [5.74, 6) is -2.70. The molecule has 134 valence electrons. The molecule has 0 aliphatic carbocycles. The number of fused-ring (bicyclic) bond motifs is 1. The molecule has 26 heavy (non-hydrogen) atoms. The maximum atomic E-state index is 12.5. The standard InChI is InChI=1S/C17H14N2O6S/c1-18(2)26(23,24)14-10-6-5-9-13(14)17(22)25-19-15(20)11-7-3-4-8-12(11)16(19)21/h3-10H,1-2H3. The van der Waals surface area contributed by atoms with Crippen molar-refractivity contribution in [3.05, 3.63) is 65.2 Å². The first-order valence-electron chi connectivity index (χ1n) is 7.47. The Hall–Kier alpha value is -3.04. The number of benzene rings is 2. The van der Waals surface area contributed by atoms with Crippen molar-refractivity contribution in [1.29, 1.82) is 0 Å². The van der Waals surface area contributed by atoms with E-state index < -0.39 is 27.8 Å². The minimum Gasteiger partial charge on any atom is -0.324 e. The van der Waals surface area contributed by atoms with Gasteiger partial charge >= 0.3 is 5.97 Å². The summed E-state index contributed by atoms with van der Waals surface area (Å²) in [6.07, 6.45) is 0. The molecular weight excluding hydrogens is 360 g/mol. The Bertz CT molecular complexity index is 994. The van der Waals surface area contributed by atoms with Crippen LogP contribution in [0.3, 0.4) is 0 Å². The van der Waals surface area contributed by atoms with Crippen molar-refractivity contribution >= 4 is 27.8 Å². The Morgan fingerprint density at radius 3 is 1.96 bits per heavy atom. The molecule has 0 radical (unpaired) electrons. The summed E-state index contributed by atoms with van der Waals surface area (Å²) in [6, 6.07) is 11.4. The molecule has 1 aliphatic rings. The van der Waals surface area contributed by atoms with Gasteiger partial charge in [0.1, 0.15) is 0 Å². The second-order valence-electron chi connectivity index (χ2n) is 5.61. The molecular formula is C17H14N2O6S. The van der Waals surface area contributed by atoms with Gasteiger partial charge in [0, 0.05) is 14.1 Å². The third kappa shape index (κ3) is 2.76. The normalized spacial score (nSPS) is 13.9. The van der Waals surface area contributed by atoms with Gasteiger partial charge < -0.3 is 4.84 Å². The maximum Gasteiger partial charge on any atom is 0.365 e. The molecule has 0 spiro atoms. The third-order valence-corrected chi connectivity index (χ3v) is 5.67. The summed E-state index contributed by atoms with van der Waals surface area (Å²) < 4.78 is 25.7. The van der Waals surface area contributed by atoms with Crippen molar-refractivity contribution in [2.75, 3.05) is 14.1 Å². The molecule has 0 bridgehead atoms. The van der Waals surface area contributed by atoms with Crippen molar-refractivity contribution in [3.63, 3.8) is 0 Å². The predicted octanol–water partition coefficient (Wildman–Crippen LogP) is 1.30. The van der Waals surface area contributed by atoms with E-state index in [1.165, 1.54) is 50.5 Å². The number of carbonyl (C=O) groups excluding carboxylic acids is 3. The van der Waals surface area contributed by atoms with Gasteiger partial charge in [0.25, 0.3) is 11.8 Å². The van der Waals surface area contributed by atoms with Crippen molar-refractivity contribution in [1.82, 2.24) is 9.37 Å². The molecule has 0 saturated carbocycles. The molecule has 2 aromatic rings. The first-order chi connectivity index (χ1) is 12.2. The number of rotatable bonds is 4. The molecule has 9 heteroatoms. The number of carbonyl (C=O) groups is 3. The Morgan fingerprint density at radius 2 is 1.42 bits per heavy atom. The quantitative estimate of drug-likeness (QED) is 0.748. The van der Waals surface area contributed by atoms with Gasteiger partial charge in [-0.1, -0.05) is 29.3 Å². The fourth-order valence-electron chi connectivity index (χ4n) is 2.44. The Kier molecular flexibility index (Phi) is 4.34. The van der Waals surface area contributed by atoms with Crippen LogP contribution in [0.15, 0.2) is 53.4 Å². The molecule has 0 aromatic heterocycles. The van der Waals surface area contributed by atoms with Gasteiger partial charge in [0.15, 0.2) is 0 Å². The van der Waals surface area contributed by atoms with E-state index in [1.54, 1.807) is 12.1 Å². The van der Waals surface area contributed by atoms with Crippen LogP contribution in [-0.4, -0.2) is 49.7 Å². The highest BCUT2D eigenvalue weighted by Crippen LogP contribution is 2.25. The number of amides is 2. The van der Waals surface area contributed by atoms with E-state index >= 15 is 0 Å². The van der Waals surface area contributed by atoms with Crippen LogP contribution in [-0.2, 0) is 14.9 Å². The Morgan fingerprint density at radius 1 is 0.923 bits per heavy atom. The van der Waals surface area contributed by atoms with Crippen LogP contribution in [0.25, 0.3) is 0 Å². The van der Waals surface area contributed by atoms with Gasteiger partial charge in [0.2, 0.25) is 10.0 Å². The summed E-state index contributed by atoms with van der Waals surface area (Å²) in [6.45, 7) is 0. The Balaban J connectivity index is 1.94. The molecule has 0 atom stereocenters. The van der Waals surface area contributed by atoms with Crippen LogP contribution >= 0.6 is 0 Å². The van der Waals surface area contributed by atoms with Gasteiger partial charge in [0.05, 0.1) is 21.6 Å². The van der Waals surface area contributed by atoms with E-state index in [1.807, 2.05) is 0 Å². The molecule has 1 aliphatic heterocycles. The van der Waals surface area contributed by atoms with Crippen molar-refractivity contribution < 1.29 is 27.6 Å². The van der Waals surface area contributed by atoms with Gasteiger partial charge in [-0.2, -0.15) is 0 Å². The summed E-state index contributed by atoms with van der Waals surface area (Å²) in [4.78, 5) is 41.7. The second-order valence-corrected chi connectivity index (χ2v) is 7.73. The van der Waals surface area contributed by atoms with Gasteiger partial charge in [-0.3, -0.25) is 9.59 Å². The molecule has 3 rings (SSSR count). The van der Waals surface area contributed by atoms with Crippen LogP contribution < -0.4 is 0 Å². The lowest BCUT2D eigenvalue weighted by atomic mass is 10.1. The van der Waals surface area contributed by atoms with Crippen LogP contribution in [0, 0.1) is 0 Å². The fourth-order valence-corrected chi connectivity index (χ4v) is 3.51. The SMILES string of the molecule is CN(C)S(=O)(=O)c1ccccc1C(=O)ON1C(=O)c2ccccc2C1=O. The average Bonchev–Trinajstić information content (AvgIpc) is 2.87. The number of sulfonamides is 1. The largest absolute Gasteiger partial charge is 0.365 e. The minimum atomic E-state index is -3.92. The zero-order valence-electron chi connectivity index (χ0n) is 13.9. The highest BCUT2D eigenvalue weighted by Gasteiger charge is 2.39. The van der Waals surface area contributed by atoms with Gasteiger partial charge in [-0.15, -0.1) is 0 Å². The summed E-state index contributed by atoms with van der Waals surface area (Å²) in [5.41, 5.74) is -0.0586. The van der Waals surface area contributed by atoms with Crippen molar-refractivity contribution in [3.8, 4) is 0 Å². The van der Waals surface area contributed by atoms with E-state index in [-0.39, 0.29) is 21.6 Å². The third-order valence-electron chi connectivity index (χ3n) is 3.80. The summed E-state index contributed by atoms with van der Waals surface area (Å²) >= 11 is 0. The van der Waals surface area contributed by atoms with E-state index in [4.69, 9.17) is 4.84 Å². The lowest BCUT2D eigenvalue weighted by Crippen LogP contribution is -2.33. The molecule has 2 aromatic carbocycles. The number of hydroxylamine groups is 2. The molecule has 0 fully saturated rings. The summed E-state index contributed by atoms with van der Waals surface area (Å²) in [7, 11) is -1.28. The van der Waals surface area contributed by atoms with Gasteiger partial charge in [-0.25, -0.2) is 17.5 Å². The van der Waals surface area contributed by atoms with Crippen LogP contribution in [0.1, 0.15) is 31.1 Å². The maximum absolute atomic E-state index is 12.5. The highest BCUT2D eigenvalue weighted by molar-refractivity contribution is 7.89. The smallest absolute Gasteiger partial charge is 0.324 e. The van der Waals surface area contributed by atoms with E-state index in [0.717, 1.165) is 4.31 Å². The molecule has 1 heterocycles. The van der Waals surface area contributed by atoms with Crippen LogP contribution in [0.5, 0.6) is 0 Å². The lowest BCUT2D eigenvalue weighted by Gasteiger charge is -2.16. The predicted molar refractivity (Wildman–Crippen MR) is 89.7 cm³/mol. The van der Waals surface area contributed by atoms with Crippen LogP contribution in [0.4, 0.5) is 0 Å². The fraction of sp³-hybridized carbons (Fsp3) is 0.118. The lowest BCUT2D eigenvalue weighted by molar-refractivity contribution is -0.0587. The molecule has 8 nitrogen and oxygen atoms in total. The Labute approximate surface area is 149 Å². The second kappa shape index (κ2) is 6.36. The number of hydrogen-bond acceptors (Lipinski definition) is 6. The molecule has 2 amide bonds. The zero-order chi connectivity index (χ0) is 19.1. The van der Waals surface area contributed by atoms with E-state index in [0.29, 0.717) is 5.06 Å². The molecule has 0 saturated heterocycles. The first kappa shape index (κ1) is 17.8. The number of imide groups is 1. The zero-order valence-corrected chi connectivity index (χ0v) is 14.7. The van der Waals surface area contributed by atoms with E-state index in [2.05, 4.69) is 0 Å². The van der Waals surface area contributed by atoms with E-state index in [9.17, 15) is 22.8 Å².